The maximum Gasteiger partial charge on any atom is 0.341 e. The first-order valence-corrected chi connectivity index (χ1v) is 8.03. The third-order valence-corrected chi connectivity index (χ3v) is 4.24. The van der Waals surface area contributed by atoms with Crippen LogP contribution in [-0.2, 0) is 4.74 Å². The summed E-state index contributed by atoms with van der Waals surface area (Å²) in [5, 5.41) is 0. The van der Waals surface area contributed by atoms with Gasteiger partial charge >= 0.3 is 5.97 Å². The molecule has 2 rings (SSSR count). The van der Waals surface area contributed by atoms with Crippen molar-refractivity contribution in [3.05, 3.63) is 52.5 Å². The van der Waals surface area contributed by atoms with Gasteiger partial charge in [-0.3, -0.25) is 0 Å². The van der Waals surface area contributed by atoms with Crippen LogP contribution in [0.3, 0.4) is 0 Å². The SMILES string of the molecule is CCOC(=O)c1ccc(Sc2ccc(Br)cc2)cc1OC. The van der Waals surface area contributed by atoms with Crippen LogP contribution in [0.2, 0.25) is 0 Å². The van der Waals surface area contributed by atoms with Gasteiger partial charge in [-0.15, -0.1) is 0 Å². The van der Waals surface area contributed by atoms with Gasteiger partial charge in [-0.05, 0) is 49.4 Å². The largest absolute Gasteiger partial charge is 0.496 e. The quantitative estimate of drug-likeness (QED) is 0.712. The highest BCUT2D eigenvalue weighted by Crippen LogP contribution is 2.32. The Morgan fingerprint density at radius 3 is 2.43 bits per heavy atom. The van der Waals surface area contributed by atoms with E-state index in [0.717, 1.165) is 14.3 Å². The molecule has 0 radical (unpaired) electrons. The Labute approximate surface area is 136 Å². The molecular weight excluding hydrogens is 352 g/mol. The minimum Gasteiger partial charge on any atom is -0.496 e. The van der Waals surface area contributed by atoms with Crippen molar-refractivity contribution < 1.29 is 14.3 Å². The van der Waals surface area contributed by atoms with Crippen LogP contribution in [0, 0.1) is 0 Å². The van der Waals surface area contributed by atoms with E-state index in [4.69, 9.17) is 9.47 Å². The second kappa shape index (κ2) is 7.52. The Bertz CT molecular complexity index is 626. The molecule has 21 heavy (non-hydrogen) atoms. The van der Waals surface area contributed by atoms with Gasteiger partial charge in [0.15, 0.2) is 0 Å². The fourth-order valence-electron chi connectivity index (χ4n) is 1.75. The molecule has 2 aromatic carbocycles. The number of ether oxygens (including phenoxy) is 2. The zero-order chi connectivity index (χ0) is 15.2. The molecule has 0 N–H and O–H groups in total. The summed E-state index contributed by atoms with van der Waals surface area (Å²) in [5.41, 5.74) is 0.444. The van der Waals surface area contributed by atoms with Crippen molar-refractivity contribution in [3.8, 4) is 5.75 Å². The molecule has 0 saturated carbocycles. The number of benzene rings is 2. The second-order valence-corrected chi connectivity index (χ2v) is 6.20. The lowest BCUT2D eigenvalue weighted by molar-refractivity contribution is 0.0522. The topological polar surface area (TPSA) is 35.5 Å². The molecule has 5 heteroatoms. The summed E-state index contributed by atoms with van der Waals surface area (Å²) in [6, 6.07) is 13.5. The van der Waals surface area contributed by atoms with Gasteiger partial charge < -0.3 is 9.47 Å². The fraction of sp³-hybridized carbons (Fsp3) is 0.188. The van der Waals surface area contributed by atoms with Crippen molar-refractivity contribution >= 4 is 33.7 Å². The smallest absolute Gasteiger partial charge is 0.341 e. The van der Waals surface area contributed by atoms with Gasteiger partial charge in [-0.25, -0.2) is 4.79 Å². The Kier molecular flexibility index (Phi) is 5.70. The number of methoxy groups -OCH3 is 1. The monoisotopic (exact) mass is 366 g/mol. The fourth-order valence-corrected chi connectivity index (χ4v) is 2.86. The molecule has 0 aromatic heterocycles. The van der Waals surface area contributed by atoms with Crippen molar-refractivity contribution in [2.24, 2.45) is 0 Å². The summed E-state index contributed by atoms with van der Waals surface area (Å²) in [7, 11) is 1.55. The molecule has 0 aliphatic rings. The number of carbonyl (C=O) groups excluding carboxylic acids is 1. The zero-order valence-corrected chi connectivity index (χ0v) is 14.2. The van der Waals surface area contributed by atoms with Gasteiger partial charge in [0.1, 0.15) is 11.3 Å². The number of esters is 1. The van der Waals surface area contributed by atoms with Crippen LogP contribution in [0.25, 0.3) is 0 Å². The highest BCUT2D eigenvalue weighted by molar-refractivity contribution is 9.10. The average Bonchev–Trinajstić information content (AvgIpc) is 2.49. The highest BCUT2D eigenvalue weighted by Gasteiger charge is 2.14. The van der Waals surface area contributed by atoms with Gasteiger partial charge in [0.05, 0.1) is 13.7 Å². The van der Waals surface area contributed by atoms with Crippen LogP contribution in [0.1, 0.15) is 17.3 Å². The molecule has 0 fully saturated rings. The first-order valence-electron chi connectivity index (χ1n) is 6.42. The third-order valence-electron chi connectivity index (χ3n) is 2.72. The minimum absolute atomic E-state index is 0.345. The number of rotatable bonds is 5. The second-order valence-electron chi connectivity index (χ2n) is 4.14. The van der Waals surface area contributed by atoms with E-state index >= 15 is 0 Å². The van der Waals surface area contributed by atoms with E-state index in [9.17, 15) is 4.79 Å². The van der Waals surface area contributed by atoms with Crippen molar-refractivity contribution in [1.29, 1.82) is 0 Å². The van der Waals surface area contributed by atoms with Crippen LogP contribution in [-0.4, -0.2) is 19.7 Å². The predicted molar refractivity (Wildman–Crippen MR) is 87.2 cm³/mol. The Hall–Kier alpha value is -1.46. The van der Waals surface area contributed by atoms with Gasteiger partial charge in [-0.1, -0.05) is 27.7 Å². The van der Waals surface area contributed by atoms with Crippen LogP contribution in [0.4, 0.5) is 0 Å². The molecule has 110 valence electrons. The number of hydrogen-bond donors (Lipinski definition) is 0. The van der Waals surface area contributed by atoms with Gasteiger partial charge in [-0.2, -0.15) is 0 Å². The Balaban J connectivity index is 2.22. The number of halogens is 1. The number of hydrogen-bond acceptors (Lipinski definition) is 4. The van der Waals surface area contributed by atoms with E-state index in [2.05, 4.69) is 15.9 Å². The zero-order valence-electron chi connectivity index (χ0n) is 11.8. The van der Waals surface area contributed by atoms with Crippen LogP contribution in [0.5, 0.6) is 5.75 Å². The molecular formula is C16H15BrO3S. The molecule has 0 heterocycles. The summed E-state index contributed by atoms with van der Waals surface area (Å²) in [4.78, 5) is 13.9. The average molecular weight is 367 g/mol. The van der Waals surface area contributed by atoms with E-state index in [0.29, 0.717) is 17.9 Å². The molecule has 0 saturated heterocycles. The van der Waals surface area contributed by atoms with Crippen LogP contribution in [0.15, 0.2) is 56.7 Å². The van der Waals surface area contributed by atoms with Crippen molar-refractivity contribution in [2.45, 2.75) is 16.7 Å². The summed E-state index contributed by atoms with van der Waals surface area (Å²) in [6.45, 7) is 2.12. The maximum absolute atomic E-state index is 11.8. The lowest BCUT2D eigenvalue weighted by atomic mass is 10.2. The summed E-state index contributed by atoms with van der Waals surface area (Å²) in [5.74, 6) is 0.158. The van der Waals surface area contributed by atoms with E-state index in [1.807, 2.05) is 36.4 Å². The van der Waals surface area contributed by atoms with Crippen molar-refractivity contribution in [2.75, 3.05) is 13.7 Å². The first kappa shape index (κ1) is 15.9. The van der Waals surface area contributed by atoms with Crippen LogP contribution >= 0.6 is 27.7 Å². The summed E-state index contributed by atoms with van der Waals surface area (Å²) in [6.07, 6.45) is 0. The van der Waals surface area contributed by atoms with E-state index in [1.165, 1.54) is 0 Å². The van der Waals surface area contributed by atoms with Gasteiger partial charge in [0, 0.05) is 14.3 Å². The lowest BCUT2D eigenvalue weighted by Crippen LogP contribution is -2.06. The highest BCUT2D eigenvalue weighted by atomic mass is 79.9. The Morgan fingerprint density at radius 1 is 1.14 bits per heavy atom. The van der Waals surface area contributed by atoms with E-state index in [-0.39, 0.29) is 5.97 Å². The van der Waals surface area contributed by atoms with Crippen molar-refractivity contribution in [3.63, 3.8) is 0 Å². The molecule has 0 unspecified atom stereocenters. The van der Waals surface area contributed by atoms with Gasteiger partial charge in [0.2, 0.25) is 0 Å². The minimum atomic E-state index is -0.366. The Morgan fingerprint density at radius 2 is 1.81 bits per heavy atom. The van der Waals surface area contributed by atoms with Crippen LogP contribution < -0.4 is 4.74 Å². The molecule has 3 nitrogen and oxygen atoms in total. The summed E-state index contributed by atoms with van der Waals surface area (Å²) >= 11 is 5.02. The van der Waals surface area contributed by atoms with E-state index < -0.39 is 0 Å². The lowest BCUT2D eigenvalue weighted by Gasteiger charge is -2.10. The molecule has 0 aliphatic heterocycles. The van der Waals surface area contributed by atoms with Gasteiger partial charge in [0.25, 0.3) is 0 Å². The maximum atomic E-state index is 11.8. The van der Waals surface area contributed by atoms with E-state index in [1.54, 1.807) is 31.9 Å². The molecule has 0 aliphatic carbocycles. The molecule has 0 bridgehead atoms. The molecule has 2 aromatic rings. The number of carbonyl (C=O) groups is 1. The molecule has 0 amide bonds. The normalized spacial score (nSPS) is 10.2. The molecule has 0 spiro atoms. The third kappa shape index (κ3) is 4.25. The standard InChI is InChI=1S/C16H15BrO3S/c1-3-20-16(18)14-9-8-13(10-15(14)19-2)21-12-6-4-11(17)5-7-12/h4-10H,3H2,1-2H3. The predicted octanol–water partition coefficient (Wildman–Crippen LogP) is 4.79. The first-order chi connectivity index (χ1) is 10.1. The summed E-state index contributed by atoms with van der Waals surface area (Å²) < 4.78 is 11.3. The van der Waals surface area contributed by atoms with Crippen molar-refractivity contribution in [1.82, 2.24) is 0 Å². The molecule has 0 atom stereocenters.